The number of rotatable bonds is 4. The van der Waals surface area contributed by atoms with Gasteiger partial charge in [0.2, 0.25) is 0 Å². The zero-order chi connectivity index (χ0) is 14.6. The van der Waals surface area contributed by atoms with Crippen LogP contribution in [0.3, 0.4) is 0 Å². The Balaban J connectivity index is 1.96. The largest absolute Gasteiger partial charge is 0.407 e. The average Bonchev–Trinajstić information content (AvgIpc) is 2.41. The Labute approximate surface area is 117 Å². The van der Waals surface area contributed by atoms with Crippen LogP contribution < -0.4 is 5.32 Å². The Hall–Kier alpha value is -1.07. The van der Waals surface area contributed by atoms with Gasteiger partial charge in [-0.2, -0.15) is 13.2 Å². The highest BCUT2D eigenvalue weighted by Crippen LogP contribution is 2.33. The second kappa shape index (κ2) is 6.59. The number of aliphatic hydroxyl groups is 1. The van der Waals surface area contributed by atoms with Crippen LogP contribution in [0.25, 0.3) is 0 Å². The van der Waals surface area contributed by atoms with Crippen molar-refractivity contribution in [2.24, 2.45) is 5.92 Å². The SMILES string of the molecule is OC1CCC(CNC(c2ccccc2)C(F)(F)F)CC1. The smallest absolute Gasteiger partial charge is 0.393 e. The molecule has 1 aliphatic rings. The zero-order valence-electron chi connectivity index (χ0n) is 11.2. The molecule has 2 N–H and O–H groups in total. The van der Waals surface area contributed by atoms with Crippen molar-refractivity contribution >= 4 is 0 Å². The van der Waals surface area contributed by atoms with Crippen LogP contribution in [0.4, 0.5) is 13.2 Å². The number of aliphatic hydroxyl groups excluding tert-OH is 1. The van der Waals surface area contributed by atoms with Crippen LogP contribution in [0.1, 0.15) is 37.3 Å². The molecule has 2 rings (SSSR count). The first-order valence-corrected chi connectivity index (χ1v) is 7.00. The van der Waals surface area contributed by atoms with Crippen molar-refractivity contribution in [1.82, 2.24) is 5.32 Å². The van der Waals surface area contributed by atoms with Crippen molar-refractivity contribution in [2.75, 3.05) is 6.54 Å². The van der Waals surface area contributed by atoms with E-state index < -0.39 is 12.2 Å². The lowest BCUT2D eigenvalue weighted by Crippen LogP contribution is -2.38. The molecule has 5 heteroatoms. The van der Waals surface area contributed by atoms with Gasteiger partial charge in [0, 0.05) is 0 Å². The predicted molar refractivity (Wildman–Crippen MR) is 71.2 cm³/mol. The number of alkyl halides is 3. The van der Waals surface area contributed by atoms with E-state index in [2.05, 4.69) is 5.32 Å². The van der Waals surface area contributed by atoms with E-state index in [4.69, 9.17) is 0 Å². The van der Waals surface area contributed by atoms with E-state index in [1.807, 2.05) is 0 Å². The van der Waals surface area contributed by atoms with Crippen molar-refractivity contribution in [3.05, 3.63) is 35.9 Å². The van der Waals surface area contributed by atoms with Crippen LogP contribution >= 0.6 is 0 Å². The van der Waals surface area contributed by atoms with Crippen molar-refractivity contribution in [2.45, 2.75) is 44.0 Å². The molecule has 1 saturated carbocycles. The van der Waals surface area contributed by atoms with Gasteiger partial charge in [-0.1, -0.05) is 30.3 Å². The molecule has 1 fully saturated rings. The summed E-state index contributed by atoms with van der Waals surface area (Å²) < 4.78 is 39.4. The molecule has 0 spiro atoms. The van der Waals surface area contributed by atoms with E-state index in [0.29, 0.717) is 19.4 Å². The molecule has 0 aromatic heterocycles. The summed E-state index contributed by atoms with van der Waals surface area (Å²) in [7, 11) is 0. The van der Waals surface area contributed by atoms with E-state index in [1.165, 1.54) is 12.1 Å². The summed E-state index contributed by atoms with van der Waals surface area (Å²) in [5.41, 5.74) is 0.246. The molecule has 2 nitrogen and oxygen atoms in total. The second-order valence-electron chi connectivity index (χ2n) is 5.47. The highest BCUT2D eigenvalue weighted by atomic mass is 19.4. The predicted octanol–water partition coefficient (Wildman–Crippen LogP) is 3.43. The molecule has 20 heavy (non-hydrogen) atoms. The summed E-state index contributed by atoms with van der Waals surface area (Å²) in [5, 5.41) is 12.1. The summed E-state index contributed by atoms with van der Waals surface area (Å²) in [6.45, 7) is 0.339. The molecule has 1 atom stereocenters. The molecule has 0 aliphatic heterocycles. The van der Waals surface area contributed by atoms with Crippen LogP contribution in [0, 0.1) is 5.92 Å². The molecule has 0 heterocycles. The molecule has 1 aliphatic carbocycles. The Morgan fingerprint density at radius 2 is 1.70 bits per heavy atom. The van der Waals surface area contributed by atoms with Gasteiger partial charge >= 0.3 is 6.18 Å². The van der Waals surface area contributed by atoms with Gasteiger partial charge in [0.25, 0.3) is 0 Å². The summed E-state index contributed by atoms with van der Waals surface area (Å²) in [4.78, 5) is 0. The minimum Gasteiger partial charge on any atom is -0.393 e. The molecule has 1 unspecified atom stereocenters. The third-order valence-corrected chi connectivity index (χ3v) is 3.89. The Morgan fingerprint density at radius 1 is 1.10 bits per heavy atom. The molecule has 1 aromatic rings. The maximum absolute atomic E-state index is 13.1. The molecule has 0 radical (unpaired) electrons. The van der Waals surface area contributed by atoms with Gasteiger partial charge < -0.3 is 10.4 Å². The monoisotopic (exact) mass is 287 g/mol. The minimum atomic E-state index is -4.30. The van der Waals surface area contributed by atoms with Gasteiger partial charge in [0.15, 0.2) is 0 Å². The summed E-state index contributed by atoms with van der Waals surface area (Å²) in [6.07, 6.45) is -1.63. The molecular formula is C15H20F3NO. The van der Waals surface area contributed by atoms with Crippen LogP contribution in [-0.2, 0) is 0 Å². The van der Waals surface area contributed by atoms with Gasteiger partial charge in [-0.05, 0) is 43.7 Å². The number of hydrogen-bond acceptors (Lipinski definition) is 2. The van der Waals surface area contributed by atoms with Gasteiger partial charge in [-0.15, -0.1) is 0 Å². The van der Waals surface area contributed by atoms with E-state index in [-0.39, 0.29) is 17.6 Å². The molecule has 0 amide bonds. The Kier molecular flexibility index (Phi) is 5.05. The van der Waals surface area contributed by atoms with Crippen LogP contribution in [-0.4, -0.2) is 23.9 Å². The maximum atomic E-state index is 13.1. The fourth-order valence-corrected chi connectivity index (χ4v) is 2.70. The van der Waals surface area contributed by atoms with E-state index >= 15 is 0 Å². The minimum absolute atomic E-state index is 0.215. The topological polar surface area (TPSA) is 32.3 Å². The lowest BCUT2D eigenvalue weighted by molar-refractivity contribution is -0.158. The quantitative estimate of drug-likeness (QED) is 0.889. The number of nitrogens with one attached hydrogen (secondary N) is 1. The first-order chi connectivity index (χ1) is 9.47. The van der Waals surface area contributed by atoms with Gasteiger partial charge in [0.1, 0.15) is 6.04 Å². The lowest BCUT2D eigenvalue weighted by Gasteiger charge is -2.28. The van der Waals surface area contributed by atoms with Crippen LogP contribution in [0.2, 0.25) is 0 Å². The summed E-state index contributed by atoms with van der Waals surface area (Å²) in [5.74, 6) is 0.215. The van der Waals surface area contributed by atoms with E-state index in [9.17, 15) is 18.3 Å². The third-order valence-electron chi connectivity index (χ3n) is 3.89. The zero-order valence-corrected chi connectivity index (χ0v) is 11.2. The average molecular weight is 287 g/mol. The normalized spacial score (nSPS) is 25.4. The Morgan fingerprint density at radius 3 is 2.25 bits per heavy atom. The van der Waals surface area contributed by atoms with Gasteiger partial charge in [-0.3, -0.25) is 0 Å². The van der Waals surface area contributed by atoms with Crippen molar-refractivity contribution in [1.29, 1.82) is 0 Å². The summed E-state index contributed by atoms with van der Waals surface area (Å²) in [6, 6.07) is 6.32. The third kappa shape index (κ3) is 4.21. The molecule has 0 saturated heterocycles. The molecule has 1 aromatic carbocycles. The first kappa shape index (κ1) is 15.3. The molecule has 112 valence electrons. The van der Waals surface area contributed by atoms with Gasteiger partial charge in [-0.25, -0.2) is 0 Å². The van der Waals surface area contributed by atoms with Gasteiger partial charge in [0.05, 0.1) is 6.10 Å². The van der Waals surface area contributed by atoms with Crippen LogP contribution in [0.5, 0.6) is 0 Å². The lowest BCUT2D eigenvalue weighted by atomic mass is 9.87. The number of halogens is 3. The van der Waals surface area contributed by atoms with E-state index in [0.717, 1.165) is 12.8 Å². The standard InChI is InChI=1S/C15H20F3NO/c16-15(17,18)14(12-4-2-1-3-5-12)19-10-11-6-8-13(20)9-7-11/h1-5,11,13-14,19-20H,6-10H2. The molecule has 0 bridgehead atoms. The summed E-state index contributed by atoms with van der Waals surface area (Å²) >= 11 is 0. The van der Waals surface area contributed by atoms with E-state index in [1.54, 1.807) is 18.2 Å². The second-order valence-corrected chi connectivity index (χ2v) is 5.47. The Bertz CT molecular complexity index is 399. The maximum Gasteiger partial charge on any atom is 0.407 e. The highest BCUT2D eigenvalue weighted by molar-refractivity contribution is 5.20. The number of hydrogen-bond donors (Lipinski definition) is 2. The molecular weight excluding hydrogens is 267 g/mol. The number of benzene rings is 1. The van der Waals surface area contributed by atoms with Crippen molar-refractivity contribution in [3.8, 4) is 0 Å². The fourth-order valence-electron chi connectivity index (χ4n) is 2.70. The van der Waals surface area contributed by atoms with Crippen LogP contribution in [0.15, 0.2) is 30.3 Å². The first-order valence-electron chi connectivity index (χ1n) is 7.00. The fraction of sp³-hybridized carbons (Fsp3) is 0.600. The van der Waals surface area contributed by atoms with Crippen molar-refractivity contribution < 1.29 is 18.3 Å². The van der Waals surface area contributed by atoms with Crippen molar-refractivity contribution in [3.63, 3.8) is 0 Å². The highest BCUT2D eigenvalue weighted by Gasteiger charge is 2.40.